The Morgan fingerprint density at radius 1 is 1.56 bits per heavy atom. The van der Waals surface area contributed by atoms with Crippen molar-refractivity contribution < 1.29 is 4.79 Å². The topological polar surface area (TPSA) is 45.2 Å². The molecule has 2 heterocycles. The molecule has 0 bridgehead atoms. The summed E-state index contributed by atoms with van der Waals surface area (Å²) in [7, 11) is 1.77. The van der Waals surface area contributed by atoms with Crippen LogP contribution in [0.3, 0.4) is 0 Å². The van der Waals surface area contributed by atoms with E-state index in [0.717, 1.165) is 19.4 Å². The smallest absolute Gasteiger partial charge is 0.255 e. The van der Waals surface area contributed by atoms with E-state index >= 15 is 0 Å². The highest BCUT2D eigenvalue weighted by atomic mass is 35.5. The molecule has 1 aliphatic heterocycles. The highest BCUT2D eigenvalue weighted by Crippen LogP contribution is 2.24. The number of rotatable bonds is 2. The summed E-state index contributed by atoms with van der Waals surface area (Å²) in [6, 6.07) is 2.00. The van der Waals surface area contributed by atoms with E-state index < -0.39 is 0 Å². The van der Waals surface area contributed by atoms with E-state index in [9.17, 15) is 4.79 Å². The molecule has 1 N–H and O–H groups in total. The van der Waals surface area contributed by atoms with E-state index in [1.54, 1.807) is 13.1 Å². The van der Waals surface area contributed by atoms with Crippen LogP contribution < -0.4 is 5.32 Å². The van der Waals surface area contributed by atoms with Gasteiger partial charge in [0.2, 0.25) is 0 Å². The normalized spacial score (nSPS) is 19.7. The Morgan fingerprint density at radius 2 is 2.33 bits per heavy atom. The summed E-state index contributed by atoms with van der Waals surface area (Å²) in [6.07, 6.45) is 4.84. The number of halogens is 1. The van der Waals surface area contributed by atoms with Crippen molar-refractivity contribution in [2.24, 2.45) is 0 Å². The van der Waals surface area contributed by atoms with E-state index in [0.29, 0.717) is 16.4 Å². The summed E-state index contributed by atoms with van der Waals surface area (Å²) in [4.78, 5) is 18.5. The number of likely N-dealkylation sites (tertiary alicyclic amines) is 1. The molecule has 1 aromatic heterocycles. The van der Waals surface area contributed by atoms with Crippen molar-refractivity contribution in [3.63, 3.8) is 0 Å². The van der Waals surface area contributed by atoms with E-state index in [1.807, 2.05) is 4.90 Å². The minimum Gasteiger partial charge on any atom is -0.373 e. The maximum absolute atomic E-state index is 12.5. The number of nitrogens with zero attached hydrogens (tertiary/aromatic N) is 2. The molecule has 0 spiro atoms. The molecule has 0 aromatic carbocycles. The van der Waals surface area contributed by atoms with Crippen LogP contribution in [0.5, 0.6) is 0 Å². The van der Waals surface area contributed by atoms with Crippen molar-refractivity contribution in [3.05, 3.63) is 22.8 Å². The fourth-order valence-corrected chi connectivity index (χ4v) is 2.48. The van der Waals surface area contributed by atoms with Gasteiger partial charge in [-0.05, 0) is 32.3 Å². The monoisotopic (exact) mass is 267 g/mol. The maximum atomic E-state index is 12.5. The summed E-state index contributed by atoms with van der Waals surface area (Å²) < 4.78 is 0. The Balaban J connectivity index is 2.27. The Kier molecular flexibility index (Phi) is 4.07. The van der Waals surface area contributed by atoms with Crippen molar-refractivity contribution in [1.29, 1.82) is 0 Å². The molecule has 1 unspecified atom stereocenters. The largest absolute Gasteiger partial charge is 0.373 e. The Labute approximate surface area is 112 Å². The van der Waals surface area contributed by atoms with Crippen molar-refractivity contribution >= 4 is 23.3 Å². The highest BCUT2D eigenvalue weighted by molar-refractivity contribution is 6.33. The molecule has 1 fully saturated rings. The summed E-state index contributed by atoms with van der Waals surface area (Å²) in [6.45, 7) is 2.90. The summed E-state index contributed by atoms with van der Waals surface area (Å²) in [5.74, 6) is 0.665. The van der Waals surface area contributed by atoms with Gasteiger partial charge in [-0.1, -0.05) is 11.6 Å². The minimum absolute atomic E-state index is 0.00565. The standard InChI is InChI=1S/C13H18ClN3O/c1-9-5-3-4-6-17(9)13(18)10-7-12(15-2)16-8-11(10)14/h7-9H,3-6H2,1-2H3,(H,15,16). The van der Waals surface area contributed by atoms with Gasteiger partial charge < -0.3 is 10.2 Å². The van der Waals surface area contributed by atoms with E-state index in [-0.39, 0.29) is 11.9 Å². The second-order valence-corrected chi connectivity index (χ2v) is 5.05. The number of carbonyl (C=O) groups is 1. The number of amides is 1. The quantitative estimate of drug-likeness (QED) is 0.896. The molecule has 1 amide bonds. The number of hydrogen-bond donors (Lipinski definition) is 1. The zero-order chi connectivity index (χ0) is 13.1. The fourth-order valence-electron chi connectivity index (χ4n) is 2.29. The number of carbonyl (C=O) groups excluding carboxylic acids is 1. The van der Waals surface area contributed by atoms with Crippen LogP contribution >= 0.6 is 11.6 Å². The van der Waals surface area contributed by atoms with Crippen LogP contribution in [0.2, 0.25) is 5.02 Å². The third kappa shape index (κ3) is 2.58. The molecule has 98 valence electrons. The van der Waals surface area contributed by atoms with Crippen molar-refractivity contribution in [2.75, 3.05) is 18.9 Å². The van der Waals surface area contributed by atoms with Gasteiger partial charge in [0.15, 0.2) is 0 Å². The van der Waals surface area contributed by atoms with Gasteiger partial charge in [0.25, 0.3) is 5.91 Å². The number of pyridine rings is 1. The molecule has 0 saturated carbocycles. The lowest BCUT2D eigenvalue weighted by Crippen LogP contribution is -2.42. The van der Waals surface area contributed by atoms with Crippen LogP contribution in [0.4, 0.5) is 5.82 Å². The number of anilines is 1. The van der Waals surface area contributed by atoms with Gasteiger partial charge in [-0.3, -0.25) is 4.79 Å². The zero-order valence-electron chi connectivity index (χ0n) is 10.7. The highest BCUT2D eigenvalue weighted by Gasteiger charge is 2.25. The van der Waals surface area contributed by atoms with Crippen molar-refractivity contribution in [3.8, 4) is 0 Å². The second-order valence-electron chi connectivity index (χ2n) is 4.64. The Morgan fingerprint density at radius 3 is 3.00 bits per heavy atom. The third-order valence-corrected chi connectivity index (χ3v) is 3.71. The van der Waals surface area contributed by atoms with Crippen LogP contribution in [0, 0.1) is 0 Å². The molecule has 1 aliphatic rings. The fraction of sp³-hybridized carbons (Fsp3) is 0.538. The first-order valence-electron chi connectivity index (χ1n) is 6.27. The van der Waals surface area contributed by atoms with E-state index in [1.165, 1.54) is 12.6 Å². The summed E-state index contributed by atoms with van der Waals surface area (Å²) >= 11 is 6.08. The molecular weight excluding hydrogens is 250 g/mol. The molecule has 18 heavy (non-hydrogen) atoms. The molecule has 1 aromatic rings. The molecule has 1 atom stereocenters. The van der Waals surface area contributed by atoms with Gasteiger partial charge in [0.05, 0.1) is 10.6 Å². The van der Waals surface area contributed by atoms with Crippen LogP contribution in [-0.4, -0.2) is 35.4 Å². The van der Waals surface area contributed by atoms with Gasteiger partial charge in [-0.2, -0.15) is 0 Å². The number of nitrogens with one attached hydrogen (secondary N) is 1. The van der Waals surface area contributed by atoms with Crippen LogP contribution in [0.15, 0.2) is 12.3 Å². The first-order valence-corrected chi connectivity index (χ1v) is 6.65. The maximum Gasteiger partial charge on any atom is 0.255 e. The summed E-state index contributed by atoms with van der Waals surface area (Å²) in [5.41, 5.74) is 0.532. The minimum atomic E-state index is 0.00565. The first-order chi connectivity index (χ1) is 8.63. The molecular formula is C13H18ClN3O. The van der Waals surface area contributed by atoms with Gasteiger partial charge in [-0.15, -0.1) is 0 Å². The molecule has 1 saturated heterocycles. The van der Waals surface area contributed by atoms with Gasteiger partial charge >= 0.3 is 0 Å². The Hall–Kier alpha value is -1.29. The number of aromatic nitrogens is 1. The average molecular weight is 268 g/mol. The molecule has 5 heteroatoms. The van der Waals surface area contributed by atoms with E-state index in [4.69, 9.17) is 11.6 Å². The van der Waals surface area contributed by atoms with Gasteiger partial charge in [0, 0.05) is 25.8 Å². The SMILES string of the molecule is CNc1cc(C(=O)N2CCCCC2C)c(Cl)cn1. The second kappa shape index (κ2) is 5.57. The van der Waals surface area contributed by atoms with Crippen molar-refractivity contribution in [1.82, 2.24) is 9.88 Å². The number of hydrogen-bond acceptors (Lipinski definition) is 3. The molecule has 0 aliphatic carbocycles. The zero-order valence-corrected chi connectivity index (χ0v) is 11.5. The summed E-state index contributed by atoms with van der Waals surface area (Å²) in [5, 5.41) is 3.34. The lowest BCUT2D eigenvalue weighted by Gasteiger charge is -2.33. The third-order valence-electron chi connectivity index (χ3n) is 3.41. The van der Waals surface area contributed by atoms with Crippen LogP contribution in [0.25, 0.3) is 0 Å². The van der Waals surface area contributed by atoms with Crippen LogP contribution in [0.1, 0.15) is 36.5 Å². The number of piperidine rings is 1. The van der Waals surface area contributed by atoms with Crippen molar-refractivity contribution in [2.45, 2.75) is 32.2 Å². The first kappa shape index (κ1) is 13.1. The molecule has 2 rings (SSSR count). The lowest BCUT2D eigenvalue weighted by molar-refractivity contribution is 0.0636. The molecule has 0 radical (unpaired) electrons. The Bertz CT molecular complexity index is 450. The predicted molar refractivity (Wildman–Crippen MR) is 73.1 cm³/mol. The predicted octanol–water partition coefficient (Wildman–Crippen LogP) is 2.79. The molecule has 4 nitrogen and oxygen atoms in total. The van der Waals surface area contributed by atoms with E-state index in [2.05, 4.69) is 17.2 Å². The van der Waals surface area contributed by atoms with Gasteiger partial charge in [-0.25, -0.2) is 4.98 Å². The van der Waals surface area contributed by atoms with Crippen LogP contribution in [-0.2, 0) is 0 Å². The van der Waals surface area contributed by atoms with Gasteiger partial charge in [0.1, 0.15) is 5.82 Å². The lowest BCUT2D eigenvalue weighted by atomic mass is 10.0. The average Bonchev–Trinajstić information content (AvgIpc) is 2.39.